The van der Waals surface area contributed by atoms with Crippen LogP contribution >= 0.6 is 0 Å². The van der Waals surface area contributed by atoms with Crippen LogP contribution in [0.4, 0.5) is 0 Å². The third kappa shape index (κ3) is 64.3. The summed E-state index contributed by atoms with van der Waals surface area (Å²) in [5, 5.41) is 0. The third-order valence-corrected chi connectivity index (χ3v) is 15.6. The van der Waals surface area contributed by atoms with Gasteiger partial charge in [-0.2, -0.15) is 0 Å². The molecule has 0 radical (unpaired) electrons. The SMILES string of the molecule is CCCCCC/C=C\CCCCCCCC(=O)OC(COC(=O)CCCCCCCCCCCCC)COC(=O)CCCCCCCCCCCCCCCCCCCCCCCCC/C=C\C/C=C\CCCCCCC. The van der Waals surface area contributed by atoms with Crippen LogP contribution in [0.5, 0.6) is 0 Å². The summed E-state index contributed by atoms with van der Waals surface area (Å²) in [5.74, 6) is -0.856. The van der Waals surface area contributed by atoms with Gasteiger partial charge in [0.1, 0.15) is 13.2 Å². The van der Waals surface area contributed by atoms with Crippen molar-refractivity contribution in [2.75, 3.05) is 13.2 Å². The van der Waals surface area contributed by atoms with Gasteiger partial charge in [0.2, 0.25) is 0 Å². The molecule has 1 unspecified atom stereocenters. The number of hydrogen-bond donors (Lipinski definition) is 0. The summed E-state index contributed by atoms with van der Waals surface area (Å²) in [6.45, 7) is 6.65. The smallest absolute Gasteiger partial charge is 0.306 e. The van der Waals surface area contributed by atoms with E-state index in [1.165, 1.54) is 270 Å². The molecule has 0 aliphatic rings. The van der Waals surface area contributed by atoms with E-state index in [9.17, 15) is 14.4 Å². The van der Waals surface area contributed by atoms with Crippen LogP contribution < -0.4 is 0 Å². The van der Waals surface area contributed by atoms with E-state index >= 15 is 0 Å². The standard InChI is InChI=1S/C71H132O6/c1-4-7-10-13-16-19-22-24-25-26-27-28-29-30-31-32-33-34-35-36-37-38-39-40-41-42-43-44-45-47-49-52-55-58-61-64-70(73)76-67-68(66-75-69(72)63-60-57-54-51-48-21-18-15-12-9-6-3)77-71(74)65-62-59-56-53-50-46-23-20-17-14-11-8-5-2/h20,22-24,26-27,68H,4-19,21,25,28-67H2,1-3H3/b23-20-,24-22-,27-26-. The van der Waals surface area contributed by atoms with Crippen molar-refractivity contribution in [1.82, 2.24) is 0 Å². The molecule has 0 fully saturated rings. The van der Waals surface area contributed by atoms with Gasteiger partial charge in [-0.25, -0.2) is 0 Å². The first kappa shape index (κ1) is 74.6. The fourth-order valence-electron chi connectivity index (χ4n) is 10.4. The molecular weight excluding hydrogens is 949 g/mol. The third-order valence-electron chi connectivity index (χ3n) is 15.6. The molecule has 1 atom stereocenters. The van der Waals surface area contributed by atoms with E-state index in [2.05, 4.69) is 57.2 Å². The lowest BCUT2D eigenvalue weighted by Crippen LogP contribution is -2.30. The van der Waals surface area contributed by atoms with E-state index in [1.807, 2.05) is 0 Å². The van der Waals surface area contributed by atoms with Crippen LogP contribution in [0.1, 0.15) is 380 Å². The fraction of sp³-hybridized carbons (Fsp3) is 0.873. The Balaban J connectivity index is 3.98. The highest BCUT2D eigenvalue weighted by molar-refractivity contribution is 5.71. The second kappa shape index (κ2) is 66.1. The molecule has 0 amide bonds. The predicted molar refractivity (Wildman–Crippen MR) is 335 cm³/mol. The zero-order chi connectivity index (χ0) is 55.7. The average molecular weight is 1080 g/mol. The highest BCUT2D eigenvalue weighted by atomic mass is 16.6. The summed E-state index contributed by atoms with van der Waals surface area (Å²) in [7, 11) is 0. The van der Waals surface area contributed by atoms with E-state index in [-0.39, 0.29) is 31.1 Å². The van der Waals surface area contributed by atoms with Crippen molar-refractivity contribution in [2.24, 2.45) is 0 Å². The van der Waals surface area contributed by atoms with E-state index in [0.29, 0.717) is 19.3 Å². The van der Waals surface area contributed by atoms with Crippen LogP contribution in [-0.2, 0) is 28.6 Å². The largest absolute Gasteiger partial charge is 0.462 e. The Morgan fingerprint density at radius 2 is 0.468 bits per heavy atom. The minimum Gasteiger partial charge on any atom is -0.462 e. The van der Waals surface area contributed by atoms with Crippen molar-refractivity contribution < 1.29 is 28.6 Å². The van der Waals surface area contributed by atoms with E-state index in [4.69, 9.17) is 14.2 Å². The maximum atomic E-state index is 12.8. The molecule has 0 rings (SSSR count). The first-order chi connectivity index (χ1) is 38.0. The molecule has 0 aromatic carbocycles. The van der Waals surface area contributed by atoms with E-state index < -0.39 is 6.10 Å². The number of carbonyl (C=O) groups is 3. The molecule has 6 heteroatoms. The molecule has 0 heterocycles. The molecule has 0 aliphatic heterocycles. The average Bonchev–Trinajstić information content (AvgIpc) is 3.43. The first-order valence-corrected chi connectivity index (χ1v) is 34.5. The van der Waals surface area contributed by atoms with E-state index in [1.54, 1.807) is 0 Å². The quantitative estimate of drug-likeness (QED) is 0.0261. The van der Waals surface area contributed by atoms with Crippen molar-refractivity contribution in [2.45, 2.75) is 386 Å². The van der Waals surface area contributed by atoms with Crippen LogP contribution in [0.3, 0.4) is 0 Å². The molecule has 77 heavy (non-hydrogen) atoms. The van der Waals surface area contributed by atoms with Gasteiger partial charge < -0.3 is 14.2 Å². The molecule has 0 bridgehead atoms. The van der Waals surface area contributed by atoms with Gasteiger partial charge in [0, 0.05) is 19.3 Å². The fourth-order valence-corrected chi connectivity index (χ4v) is 10.4. The summed E-state index contributed by atoms with van der Waals surface area (Å²) in [4.78, 5) is 38.2. The van der Waals surface area contributed by atoms with Gasteiger partial charge in [0.15, 0.2) is 6.10 Å². The van der Waals surface area contributed by atoms with Crippen molar-refractivity contribution in [3.63, 3.8) is 0 Å². The minimum atomic E-state index is -0.771. The maximum absolute atomic E-state index is 12.8. The topological polar surface area (TPSA) is 78.9 Å². The van der Waals surface area contributed by atoms with Gasteiger partial charge in [-0.1, -0.05) is 320 Å². The Bertz CT molecular complexity index is 1290. The molecule has 0 aromatic heterocycles. The number of hydrogen-bond acceptors (Lipinski definition) is 6. The highest BCUT2D eigenvalue weighted by Crippen LogP contribution is 2.18. The van der Waals surface area contributed by atoms with Crippen LogP contribution in [0.15, 0.2) is 36.5 Å². The van der Waals surface area contributed by atoms with Crippen LogP contribution in [0, 0.1) is 0 Å². The number of esters is 3. The second-order valence-corrected chi connectivity index (χ2v) is 23.4. The lowest BCUT2D eigenvalue weighted by atomic mass is 10.0. The number of rotatable bonds is 64. The molecule has 0 saturated carbocycles. The van der Waals surface area contributed by atoms with Gasteiger partial charge in [-0.15, -0.1) is 0 Å². The lowest BCUT2D eigenvalue weighted by Gasteiger charge is -2.18. The van der Waals surface area contributed by atoms with Crippen LogP contribution in [0.25, 0.3) is 0 Å². The molecule has 452 valence electrons. The number of ether oxygens (including phenoxy) is 3. The number of carbonyl (C=O) groups excluding carboxylic acids is 3. The van der Waals surface area contributed by atoms with Gasteiger partial charge >= 0.3 is 17.9 Å². The summed E-state index contributed by atoms with van der Waals surface area (Å²) in [5.41, 5.74) is 0. The first-order valence-electron chi connectivity index (χ1n) is 34.5. The molecule has 0 saturated heterocycles. The molecule has 0 aliphatic carbocycles. The second-order valence-electron chi connectivity index (χ2n) is 23.4. The molecule has 0 aromatic rings. The van der Waals surface area contributed by atoms with Crippen molar-refractivity contribution in [3.05, 3.63) is 36.5 Å². The van der Waals surface area contributed by atoms with Crippen LogP contribution in [-0.4, -0.2) is 37.2 Å². The normalized spacial score (nSPS) is 12.2. The summed E-state index contributed by atoms with van der Waals surface area (Å²) in [6, 6.07) is 0. The Kier molecular flexibility index (Phi) is 64.1. The minimum absolute atomic E-state index is 0.0695. The van der Waals surface area contributed by atoms with Gasteiger partial charge in [0.25, 0.3) is 0 Å². The Morgan fingerprint density at radius 3 is 0.740 bits per heavy atom. The van der Waals surface area contributed by atoms with Crippen molar-refractivity contribution >= 4 is 17.9 Å². The van der Waals surface area contributed by atoms with Crippen LogP contribution in [0.2, 0.25) is 0 Å². The lowest BCUT2D eigenvalue weighted by molar-refractivity contribution is -0.167. The Hall–Kier alpha value is -2.37. The molecule has 0 N–H and O–H groups in total. The monoisotopic (exact) mass is 1080 g/mol. The summed E-state index contributed by atoms with van der Waals surface area (Å²) >= 11 is 0. The predicted octanol–water partition coefficient (Wildman–Crippen LogP) is 23.6. The molecule has 6 nitrogen and oxygen atoms in total. The number of unbranched alkanes of at least 4 members (excludes halogenated alkanes) is 47. The van der Waals surface area contributed by atoms with Gasteiger partial charge in [-0.05, 0) is 77.0 Å². The molecular formula is C71H132O6. The van der Waals surface area contributed by atoms with Crippen molar-refractivity contribution in [1.29, 1.82) is 0 Å². The Morgan fingerprint density at radius 1 is 0.260 bits per heavy atom. The zero-order valence-electron chi connectivity index (χ0n) is 52.0. The van der Waals surface area contributed by atoms with Crippen molar-refractivity contribution in [3.8, 4) is 0 Å². The van der Waals surface area contributed by atoms with Gasteiger partial charge in [-0.3, -0.25) is 14.4 Å². The van der Waals surface area contributed by atoms with Gasteiger partial charge in [0.05, 0.1) is 0 Å². The summed E-state index contributed by atoms with van der Waals surface area (Å²) in [6.07, 6.45) is 82.0. The zero-order valence-corrected chi connectivity index (χ0v) is 52.0. The van der Waals surface area contributed by atoms with E-state index in [0.717, 1.165) is 70.6 Å². The molecule has 0 spiro atoms. The summed E-state index contributed by atoms with van der Waals surface area (Å²) < 4.78 is 16.9. The maximum Gasteiger partial charge on any atom is 0.306 e. The highest BCUT2D eigenvalue weighted by Gasteiger charge is 2.19. The number of allylic oxidation sites excluding steroid dienone is 6. The Labute approximate surface area is 480 Å².